The van der Waals surface area contributed by atoms with Gasteiger partial charge in [-0.1, -0.05) is 32.9 Å². The van der Waals surface area contributed by atoms with Crippen LogP contribution in [0.5, 0.6) is 0 Å². The number of carbonyl (C=O) groups excluding carboxylic acids is 1. The van der Waals surface area contributed by atoms with Crippen LogP contribution in [0.2, 0.25) is 0 Å². The summed E-state index contributed by atoms with van der Waals surface area (Å²) in [5.41, 5.74) is 3.83. The first kappa shape index (κ1) is 56.3. The first-order valence-corrected chi connectivity index (χ1v) is 16.9. The van der Waals surface area contributed by atoms with Gasteiger partial charge in [-0.25, -0.2) is 19.1 Å². The van der Waals surface area contributed by atoms with Crippen molar-refractivity contribution >= 4 is 48.1 Å². The smallest absolute Gasteiger partial charge is 0.483 e. The van der Waals surface area contributed by atoms with E-state index in [0.717, 1.165) is 38.5 Å². The summed E-state index contributed by atoms with van der Waals surface area (Å²) in [4.78, 5) is 60.6. The number of halogens is 12. The molecule has 350 valence electrons. The number of alkyl halides is 12. The lowest BCUT2D eigenvalue weighted by atomic mass is 9.87. The van der Waals surface area contributed by atoms with Crippen molar-refractivity contribution in [3.8, 4) is 0 Å². The second kappa shape index (κ2) is 24.6. The van der Waals surface area contributed by atoms with Gasteiger partial charge in [0.05, 0.1) is 6.20 Å². The van der Waals surface area contributed by atoms with Crippen LogP contribution < -0.4 is 10.2 Å². The number of nitrogens with zero attached hydrogens (tertiary/aromatic N) is 6. The molecule has 1 aliphatic rings. The van der Waals surface area contributed by atoms with E-state index in [4.69, 9.17) is 44.7 Å². The van der Waals surface area contributed by atoms with E-state index in [1.54, 1.807) is 10.7 Å². The Balaban J connectivity index is 0.00000112. The summed E-state index contributed by atoms with van der Waals surface area (Å²) in [5, 5.41) is 35.7. The molecule has 1 amide bonds. The average Bonchev–Trinajstić information content (AvgIpc) is 3.57. The second-order valence-corrected chi connectivity index (χ2v) is 12.8. The molecular weight excluding hydrogens is 890 g/mol. The van der Waals surface area contributed by atoms with Crippen LogP contribution in [0.4, 0.5) is 64.3 Å². The van der Waals surface area contributed by atoms with Crippen LogP contribution >= 0.6 is 0 Å². The average molecular weight is 928 g/mol. The fraction of sp³-hybridized carbons (Fsp3) is 0.371. The quantitative estimate of drug-likeness (QED) is 0.103. The number of imidazole rings is 1. The predicted octanol–water partition coefficient (Wildman–Crippen LogP) is 6.78. The van der Waals surface area contributed by atoms with Crippen molar-refractivity contribution in [1.29, 1.82) is 0 Å². The largest absolute Gasteiger partial charge is 0.490 e. The van der Waals surface area contributed by atoms with E-state index in [1.807, 2.05) is 48.8 Å². The summed E-state index contributed by atoms with van der Waals surface area (Å²) in [7, 11) is 0. The van der Waals surface area contributed by atoms with E-state index in [2.05, 4.69) is 58.0 Å². The van der Waals surface area contributed by atoms with Gasteiger partial charge < -0.3 is 30.6 Å². The highest BCUT2D eigenvalue weighted by atomic mass is 19.5. The molecule has 1 fully saturated rings. The van der Waals surface area contributed by atoms with E-state index in [9.17, 15) is 57.5 Å². The highest BCUT2D eigenvalue weighted by molar-refractivity contribution is 6.03. The van der Waals surface area contributed by atoms with Crippen LogP contribution in [-0.4, -0.2) is 127 Å². The zero-order chi connectivity index (χ0) is 49.0. The van der Waals surface area contributed by atoms with E-state index in [-0.39, 0.29) is 24.3 Å². The Morgan fingerprint density at radius 2 is 1.13 bits per heavy atom. The number of fused-ring (bicyclic) bond motifs is 1. The standard InChI is InChI=1S/C27H31N7O.C2F6.2C2HF3O2.2CH2O2/c1-27(2,3)22-6-4-21(5-7-22)26(35)30-23-19-34-24(29-23)8-9-25(31-34)33-16-14-32(15-17-33)18-20-10-12-28-13-11-20;3-1(4,5)2(6,7)8;2*3-2(4,5)1(6)7;2*2-1-3/h4-13,19H,14-18H2,1-3H3,(H,30,35);;2*(H,6,7);2*1H,(H,2,3). The van der Waals surface area contributed by atoms with Crippen LogP contribution in [-0.2, 0) is 31.1 Å². The molecule has 3 aromatic heterocycles. The number of hydrogen-bond acceptors (Lipinski definition) is 10. The molecule has 16 nitrogen and oxygen atoms in total. The Labute approximate surface area is 347 Å². The topological polar surface area (TPSA) is 228 Å². The van der Waals surface area contributed by atoms with Gasteiger partial charge in [0.25, 0.3) is 18.9 Å². The van der Waals surface area contributed by atoms with E-state index in [1.165, 1.54) is 11.1 Å². The molecule has 0 atom stereocenters. The van der Waals surface area contributed by atoms with Gasteiger partial charge in [-0.3, -0.25) is 24.3 Å². The van der Waals surface area contributed by atoms with Gasteiger partial charge in [0.15, 0.2) is 11.5 Å². The maximum Gasteiger partial charge on any atom is 0.490 e. The van der Waals surface area contributed by atoms with Crippen molar-refractivity contribution in [3.05, 3.63) is 83.8 Å². The first-order valence-electron chi connectivity index (χ1n) is 16.9. The van der Waals surface area contributed by atoms with Crippen molar-refractivity contribution in [2.75, 3.05) is 36.4 Å². The number of rotatable bonds is 5. The number of carbonyl (C=O) groups is 5. The number of aliphatic carboxylic acids is 2. The second-order valence-electron chi connectivity index (χ2n) is 12.8. The molecule has 1 aliphatic heterocycles. The molecular formula is C35H37F12N7O9. The molecule has 0 aliphatic carbocycles. The highest BCUT2D eigenvalue weighted by Gasteiger charge is 2.58. The molecule has 1 aromatic carbocycles. The third kappa shape index (κ3) is 21.6. The summed E-state index contributed by atoms with van der Waals surface area (Å²) in [6, 6.07) is 15.8. The molecule has 0 spiro atoms. The van der Waals surface area contributed by atoms with Crippen molar-refractivity contribution in [3.63, 3.8) is 0 Å². The van der Waals surface area contributed by atoms with E-state index >= 15 is 0 Å². The number of pyridine rings is 1. The number of amides is 1. The van der Waals surface area contributed by atoms with Gasteiger partial charge >= 0.3 is 36.6 Å². The lowest BCUT2D eigenvalue weighted by molar-refractivity contribution is -0.339. The number of benzene rings is 1. The molecule has 1 saturated heterocycles. The maximum atomic E-state index is 12.7. The monoisotopic (exact) mass is 927 g/mol. The molecule has 0 unspecified atom stereocenters. The van der Waals surface area contributed by atoms with Crippen molar-refractivity contribution < 1.29 is 97.1 Å². The molecule has 28 heteroatoms. The van der Waals surface area contributed by atoms with Crippen molar-refractivity contribution in [2.24, 2.45) is 0 Å². The number of carboxylic acid groups (broad SMARTS) is 4. The maximum absolute atomic E-state index is 12.7. The van der Waals surface area contributed by atoms with E-state index in [0.29, 0.717) is 17.0 Å². The number of anilines is 2. The summed E-state index contributed by atoms with van der Waals surface area (Å²) >= 11 is 0. The number of hydrogen-bond donors (Lipinski definition) is 5. The third-order valence-corrected chi connectivity index (χ3v) is 7.22. The van der Waals surface area contributed by atoms with Crippen LogP contribution in [0.15, 0.2) is 67.1 Å². The molecule has 63 heavy (non-hydrogen) atoms. The van der Waals surface area contributed by atoms with Gasteiger partial charge in [0.1, 0.15) is 5.82 Å². The van der Waals surface area contributed by atoms with Crippen LogP contribution in [0.3, 0.4) is 0 Å². The summed E-state index contributed by atoms with van der Waals surface area (Å²) in [6.07, 6.45) is -16.8. The van der Waals surface area contributed by atoms with Crippen molar-refractivity contribution in [2.45, 2.75) is 57.4 Å². The van der Waals surface area contributed by atoms with Gasteiger partial charge in [-0.05, 0) is 52.9 Å². The Kier molecular flexibility index (Phi) is 22.0. The highest BCUT2D eigenvalue weighted by Crippen LogP contribution is 2.36. The van der Waals surface area contributed by atoms with Gasteiger partial charge in [0, 0.05) is 50.7 Å². The Hall–Kier alpha value is -6.74. The first-order chi connectivity index (χ1) is 28.8. The fourth-order valence-corrected chi connectivity index (χ4v) is 4.29. The van der Waals surface area contributed by atoms with Crippen molar-refractivity contribution in [1.82, 2.24) is 24.5 Å². The molecule has 0 saturated carbocycles. The number of nitrogens with one attached hydrogen (secondary N) is 1. The van der Waals surface area contributed by atoms with Gasteiger partial charge in [-0.15, -0.1) is 5.10 Å². The Morgan fingerprint density at radius 3 is 1.51 bits per heavy atom. The van der Waals surface area contributed by atoms with Crippen LogP contribution in [0.1, 0.15) is 42.3 Å². The minimum atomic E-state index is -6.06. The molecule has 0 bridgehead atoms. The van der Waals surface area contributed by atoms with Crippen LogP contribution in [0.25, 0.3) is 5.65 Å². The predicted molar refractivity (Wildman–Crippen MR) is 195 cm³/mol. The number of piperazine rings is 1. The molecule has 5 N–H and O–H groups in total. The zero-order valence-corrected chi connectivity index (χ0v) is 32.6. The normalized spacial score (nSPS) is 13.0. The molecule has 4 aromatic rings. The molecule has 4 heterocycles. The lowest BCUT2D eigenvalue weighted by Crippen LogP contribution is -2.46. The summed E-state index contributed by atoms with van der Waals surface area (Å²) in [5.74, 6) is -4.30. The Bertz CT molecular complexity index is 1990. The zero-order valence-electron chi connectivity index (χ0n) is 32.6. The van der Waals surface area contributed by atoms with Crippen LogP contribution in [0, 0.1) is 0 Å². The number of aromatic nitrogens is 4. The molecule has 0 radical (unpaired) electrons. The summed E-state index contributed by atoms with van der Waals surface area (Å²) in [6.45, 7) is 10.7. The van der Waals surface area contributed by atoms with E-state index < -0.39 is 36.6 Å². The summed E-state index contributed by atoms with van der Waals surface area (Å²) < 4.78 is 128. The van der Waals surface area contributed by atoms with Gasteiger partial charge in [0.2, 0.25) is 0 Å². The minimum absolute atomic E-state index is 0.0478. The fourth-order valence-electron chi connectivity index (χ4n) is 4.29. The Morgan fingerprint density at radius 1 is 0.698 bits per heavy atom. The minimum Gasteiger partial charge on any atom is -0.483 e. The third-order valence-electron chi connectivity index (χ3n) is 7.22. The number of carboxylic acids is 2. The molecule has 5 rings (SSSR count). The van der Waals surface area contributed by atoms with Gasteiger partial charge in [-0.2, -0.15) is 52.7 Å². The SMILES string of the molecule is CC(C)(C)c1ccc(C(=O)Nc2cn3nc(N4CCN(Cc5ccncc5)CC4)ccc3n2)cc1.FC(F)(F)C(F)(F)F.O=C(O)C(F)(F)F.O=C(O)C(F)(F)F.O=CO.O=CO. The lowest BCUT2D eigenvalue weighted by Gasteiger charge is -2.35.